The molecule has 0 saturated carbocycles. The van der Waals surface area contributed by atoms with E-state index >= 15 is 0 Å². The summed E-state index contributed by atoms with van der Waals surface area (Å²) in [5, 5.41) is 0. The van der Waals surface area contributed by atoms with Gasteiger partial charge in [-0.1, -0.05) is 18.2 Å². The van der Waals surface area contributed by atoms with Crippen LogP contribution in [0, 0.1) is 11.6 Å². The van der Waals surface area contributed by atoms with E-state index in [0.29, 0.717) is 11.3 Å². The summed E-state index contributed by atoms with van der Waals surface area (Å²) in [5.74, 6) is -2.57. The van der Waals surface area contributed by atoms with Crippen molar-refractivity contribution in [3.05, 3.63) is 84.1 Å². The molecule has 0 aliphatic rings. The maximum Gasteiger partial charge on any atom is 0.266 e. The SMILES string of the molecule is O=C(NNS(=O)(=O)c1ccccc1F)c1cc(F)cc(-c2ccccn2)c1. The van der Waals surface area contributed by atoms with Crippen LogP contribution < -0.4 is 10.3 Å². The number of rotatable bonds is 5. The van der Waals surface area contributed by atoms with Gasteiger partial charge in [-0.05, 0) is 42.5 Å². The molecule has 0 aliphatic heterocycles. The molecular formula is C18H13F2N3O3S. The number of amides is 1. The van der Waals surface area contributed by atoms with Crippen LogP contribution in [0.4, 0.5) is 8.78 Å². The van der Waals surface area contributed by atoms with Crippen molar-refractivity contribution in [1.29, 1.82) is 0 Å². The number of hydrogen-bond acceptors (Lipinski definition) is 4. The van der Waals surface area contributed by atoms with E-state index in [0.717, 1.165) is 18.2 Å². The minimum Gasteiger partial charge on any atom is -0.273 e. The third-order valence-corrected chi connectivity index (χ3v) is 4.83. The second-order valence-electron chi connectivity index (χ2n) is 5.43. The van der Waals surface area contributed by atoms with Gasteiger partial charge in [0.05, 0.1) is 5.69 Å². The second kappa shape index (κ2) is 7.60. The lowest BCUT2D eigenvalue weighted by atomic mass is 10.1. The van der Waals surface area contributed by atoms with Crippen molar-refractivity contribution in [3.63, 3.8) is 0 Å². The molecule has 6 nitrogen and oxygen atoms in total. The van der Waals surface area contributed by atoms with Crippen LogP contribution in [-0.2, 0) is 10.0 Å². The van der Waals surface area contributed by atoms with Crippen LogP contribution in [-0.4, -0.2) is 19.3 Å². The van der Waals surface area contributed by atoms with E-state index in [1.165, 1.54) is 30.5 Å². The van der Waals surface area contributed by atoms with Crippen LogP contribution in [0.3, 0.4) is 0 Å². The molecule has 1 heterocycles. The van der Waals surface area contributed by atoms with E-state index in [2.05, 4.69) is 4.98 Å². The Labute approximate surface area is 153 Å². The predicted molar refractivity (Wildman–Crippen MR) is 93.8 cm³/mol. The molecule has 2 N–H and O–H groups in total. The molecule has 27 heavy (non-hydrogen) atoms. The molecule has 0 spiro atoms. The van der Waals surface area contributed by atoms with Crippen LogP contribution in [0.25, 0.3) is 11.3 Å². The van der Waals surface area contributed by atoms with Crippen LogP contribution in [0.1, 0.15) is 10.4 Å². The Kier molecular flexibility index (Phi) is 5.24. The van der Waals surface area contributed by atoms with Crippen molar-refractivity contribution in [2.45, 2.75) is 4.90 Å². The van der Waals surface area contributed by atoms with Crippen molar-refractivity contribution in [3.8, 4) is 11.3 Å². The molecule has 9 heteroatoms. The minimum atomic E-state index is -4.33. The summed E-state index contributed by atoms with van der Waals surface area (Å²) in [7, 11) is -4.33. The fourth-order valence-corrected chi connectivity index (χ4v) is 3.22. The first-order valence-electron chi connectivity index (χ1n) is 7.65. The molecule has 0 saturated heterocycles. The number of nitrogens with one attached hydrogen (secondary N) is 2. The number of carbonyl (C=O) groups excluding carboxylic acids is 1. The summed E-state index contributed by atoms with van der Waals surface area (Å²) < 4.78 is 51.7. The van der Waals surface area contributed by atoms with E-state index in [4.69, 9.17) is 0 Å². The number of pyridine rings is 1. The summed E-state index contributed by atoms with van der Waals surface area (Å²) in [5.41, 5.74) is 2.60. The fraction of sp³-hybridized carbons (Fsp3) is 0. The monoisotopic (exact) mass is 389 g/mol. The third kappa shape index (κ3) is 4.33. The van der Waals surface area contributed by atoms with Crippen molar-refractivity contribution in [1.82, 2.24) is 15.2 Å². The lowest BCUT2D eigenvalue weighted by Gasteiger charge is -2.10. The van der Waals surface area contributed by atoms with Gasteiger partial charge < -0.3 is 0 Å². The highest BCUT2D eigenvalue weighted by atomic mass is 32.2. The van der Waals surface area contributed by atoms with Crippen molar-refractivity contribution >= 4 is 15.9 Å². The topological polar surface area (TPSA) is 88.2 Å². The molecule has 1 amide bonds. The first-order valence-corrected chi connectivity index (χ1v) is 9.14. The normalized spacial score (nSPS) is 11.2. The largest absolute Gasteiger partial charge is 0.273 e. The number of hydrazine groups is 1. The van der Waals surface area contributed by atoms with Gasteiger partial charge in [-0.2, -0.15) is 0 Å². The zero-order valence-corrected chi connectivity index (χ0v) is 14.5. The number of halogens is 2. The van der Waals surface area contributed by atoms with Gasteiger partial charge in [0, 0.05) is 17.3 Å². The number of aromatic nitrogens is 1. The van der Waals surface area contributed by atoms with Gasteiger partial charge in [0.2, 0.25) is 0 Å². The quantitative estimate of drug-likeness (QED) is 0.657. The van der Waals surface area contributed by atoms with Crippen LogP contribution >= 0.6 is 0 Å². The number of benzene rings is 2. The van der Waals surface area contributed by atoms with E-state index < -0.39 is 32.5 Å². The molecule has 0 fully saturated rings. The molecule has 0 radical (unpaired) electrons. The number of sulfonamides is 1. The van der Waals surface area contributed by atoms with E-state index in [1.807, 2.05) is 5.43 Å². The maximum absolute atomic E-state index is 13.9. The van der Waals surface area contributed by atoms with Crippen molar-refractivity contribution in [2.24, 2.45) is 0 Å². The summed E-state index contributed by atoms with van der Waals surface area (Å²) in [4.78, 5) is 17.5. The predicted octanol–water partition coefficient (Wildman–Crippen LogP) is 2.65. The van der Waals surface area contributed by atoms with E-state index in [1.54, 1.807) is 23.0 Å². The lowest BCUT2D eigenvalue weighted by molar-refractivity contribution is 0.0944. The van der Waals surface area contributed by atoms with Gasteiger partial charge in [-0.25, -0.2) is 17.2 Å². The third-order valence-electron chi connectivity index (χ3n) is 3.55. The molecule has 138 valence electrons. The highest BCUT2D eigenvalue weighted by Crippen LogP contribution is 2.20. The van der Waals surface area contributed by atoms with Crippen molar-refractivity contribution in [2.75, 3.05) is 0 Å². The number of nitrogens with zero attached hydrogens (tertiary/aromatic N) is 1. The molecule has 0 unspecified atom stereocenters. The number of carbonyl (C=O) groups is 1. The molecule has 1 aromatic heterocycles. The average molecular weight is 389 g/mol. The number of hydrogen-bond donors (Lipinski definition) is 2. The maximum atomic E-state index is 13.9. The smallest absolute Gasteiger partial charge is 0.266 e. The second-order valence-corrected chi connectivity index (χ2v) is 7.08. The summed E-state index contributed by atoms with van der Waals surface area (Å²) in [6.07, 6.45) is 1.52. The van der Waals surface area contributed by atoms with E-state index in [9.17, 15) is 22.0 Å². The lowest BCUT2D eigenvalue weighted by Crippen LogP contribution is -2.41. The molecule has 0 bridgehead atoms. The molecule has 0 atom stereocenters. The van der Waals surface area contributed by atoms with Crippen molar-refractivity contribution < 1.29 is 22.0 Å². The van der Waals surface area contributed by atoms with Crippen LogP contribution in [0.15, 0.2) is 71.8 Å². The van der Waals surface area contributed by atoms with Gasteiger partial charge in [0.15, 0.2) is 0 Å². The minimum absolute atomic E-state index is 0.133. The Morgan fingerprint density at radius 1 is 0.963 bits per heavy atom. The summed E-state index contributed by atoms with van der Waals surface area (Å²) in [6, 6.07) is 13.2. The summed E-state index contributed by atoms with van der Waals surface area (Å²) >= 11 is 0. The van der Waals surface area contributed by atoms with Gasteiger partial charge in [0.1, 0.15) is 16.5 Å². The van der Waals surface area contributed by atoms with Gasteiger partial charge in [0.25, 0.3) is 15.9 Å². The molecule has 3 aromatic rings. The zero-order valence-electron chi connectivity index (χ0n) is 13.7. The Hall–Kier alpha value is -3.17. The van der Waals surface area contributed by atoms with E-state index in [-0.39, 0.29) is 5.56 Å². The fourth-order valence-electron chi connectivity index (χ4n) is 2.31. The molecule has 3 rings (SSSR count). The molecule has 0 aliphatic carbocycles. The van der Waals surface area contributed by atoms with Gasteiger partial charge in [-0.15, -0.1) is 4.83 Å². The van der Waals surface area contributed by atoms with Gasteiger partial charge >= 0.3 is 0 Å². The first kappa shape index (κ1) is 18.6. The Morgan fingerprint density at radius 2 is 1.70 bits per heavy atom. The highest BCUT2D eigenvalue weighted by molar-refractivity contribution is 7.89. The standard InChI is InChI=1S/C18H13F2N3O3S/c19-14-10-12(16-6-3-4-8-21-16)9-13(11-14)18(24)22-23-27(25,26)17-7-2-1-5-15(17)20/h1-11,23H,(H,22,24). The molecule has 2 aromatic carbocycles. The average Bonchev–Trinajstić information content (AvgIpc) is 2.66. The Bertz CT molecular complexity index is 1090. The first-order chi connectivity index (χ1) is 12.9. The zero-order chi connectivity index (χ0) is 19.4. The highest BCUT2D eigenvalue weighted by Gasteiger charge is 2.20. The Morgan fingerprint density at radius 3 is 2.41 bits per heavy atom. The van der Waals surface area contributed by atoms with Gasteiger partial charge in [-0.3, -0.25) is 15.2 Å². The summed E-state index contributed by atoms with van der Waals surface area (Å²) in [6.45, 7) is 0. The molecular weight excluding hydrogens is 376 g/mol. The van der Waals surface area contributed by atoms with Crippen LogP contribution in [0.2, 0.25) is 0 Å². The van der Waals surface area contributed by atoms with Crippen LogP contribution in [0.5, 0.6) is 0 Å². The Balaban J connectivity index is 1.81.